The van der Waals surface area contributed by atoms with Crippen molar-refractivity contribution in [3.8, 4) is 6.07 Å². The summed E-state index contributed by atoms with van der Waals surface area (Å²) in [5.41, 5.74) is -1.63. The maximum Gasteiger partial charge on any atom is 0.329 e. The van der Waals surface area contributed by atoms with Crippen molar-refractivity contribution in [1.29, 1.82) is 5.26 Å². The normalized spacial score (nSPS) is 15.8. The molecular weight excluding hydrogens is 236 g/mol. The average molecular weight is 248 g/mol. The molecule has 1 aromatic heterocycles. The lowest BCUT2D eigenvalue weighted by Gasteiger charge is -2.14. The molecule has 18 heavy (non-hydrogen) atoms. The molecule has 1 atom stereocenters. The van der Waals surface area contributed by atoms with Crippen molar-refractivity contribution >= 4 is 5.91 Å². The molecular formula is C11H12N4O3. The van der Waals surface area contributed by atoms with Gasteiger partial charge in [0.15, 0.2) is 0 Å². The smallest absolute Gasteiger partial charge is 0.329 e. The fourth-order valence-electron chi connectivity index (χ4n) is 1.53. The van der Waals surface area contributed by atoms with Crippen LogP contribution < -0.4 is 16.6 Å². The highest BCUT2D eigenvalue weighted by Crippen LogP contribution is 2.19. The third-order valence-corrected chi connectivity index (χ3v) is 2.81. The summed E-state index contributed by atoms with van der Waals surface area (Å²) in [5, 5.41) is 11.5. The number of nitriles is 1. The van der Waals surface area contributed by atoms with Crippen molar-refractivity contribution in [2.75, 3.05) is 0 Å². The number of carbonyl (C=O) groups is 1. The van der Waals surface area contributed by atoms with E-state index in [9.17, 15) is 14.4 Å². The number of nitrogens with one attached hydrogen (secondary N) is 2. The van der Waals surface area contributed by atoms with Gasteiger partial charge < -0.3 is 5.32 Å². The fourth-order valence-corrected chi connectivity index (χ4v) is 1.53. The van der Waals surface area contributed by atoms with Crippen LogP contribution in [0, 0.1) is 11.3 Å². The summed E-state index contributed by atoms with van der Waals surface area (Å²) in [4.78, 5) is 36.6. The molecule has 0 spiro atoms. The molecule has 1 aliphatic carbocycles. The SMILES string of the molecule is CC(C(=O)NC1CC1)n1cc(C#N)c(=O)[nH]c1=O. The van der Waals surface area contributed by atoms with Crippen LogP contribution in [0.1, 0.15) is 31.4 Å². The lowest BCUT2D eigenvalue weighted by Crippen LogP contribution is -2.39. The van der Waals surface area contributed by atoms with E-state index in [1.165, 1.54) is 0 Å². The number of hydrogen-bond acceptors (Lipinski definition) is 4. The van der Waals surface area contributed by atoms with Crippen molar-refractivity contribution in [2.45, 2.75) is 31.8 Å². The van der Waals surface area contributed by atoms with Crippen LogP contribution in [0.3, 0.4) is 0 Å². The molecule has 0 aliphatic heterocycles. The molecule has 2 rings (SSSR count). The Morgan fingerprint density at radius 3 is 2.83 bits per heavy atom. The van der Waals surface area contributed by atoms with Gasteiger partial charge in [-0.3, -0.25) is 19.1 Å². The Hall–Kier alpha value is -2.36. The zero-order valence-electron chi connectivity index (χ0n) is 9.77. The van der Waals surface area contributed by atoms with Gasteiger partial charge in [-0.05, 0) is 19.8 Å². The molecule has 1 saturated carbocycles. The Labute approximate surface area is 102 Å². The van der Waals surface area contributed by atoms with Gasteiger partial charge in [-0.25, -0.2) is 4.79 Å². The first-order valence-electron chi connectivity index (χ1n) is 5.59. The molecule has 0 saturated heterocycles. The average Bonchev–Trinajstić information content (AvgIpc) is 3.12. The van der Waals surface area contributed by atoms with E-state index in [-0.39, 0.29) is 17.5 Å². The lowest BCUT2D eigenvalue weighted by molar-refractivity contribution is -0.124. The summed E-state index contributed by atoms with van der Waals surface area (Å²) >= 11 is 0. The van der Waals surface area contributed by atoms with E-state index in [0.717, 1.165) is 23.6 Å². The number of hydrogen-bond donors (Lipinski definition) is 2. The predicted molar refractivity (Wildman–Crippen MR) is 61.9 cm³/mol. The van der Waals surface area contributed by atoms with Gasteiger partial charge in [0.2, 0.25) is 5.91 Å². The largest absolute Gasteiger partial charge is 0.352 e. The van der Waals surface area contributed by atoms with Crippen LogP contribution in [0.2, 0.25) is 0 Å². The molecule has 7 heteroatoms. The first-order chi connectivity index (χ1) is 8.52. The molecule has 1 aliphatic rings. The summed E-state index contributed by atoms with van der Waals surface area (Å²) in [6.07, 6.45) is 3.00. The maximum absolute atomic E-state index is 11.8. The van der Waals surface area contributed by atoms with Crippen LogP contribution in [0.25, 0.3) is 0 Å². The van der Waals surface area contributed by atoms with Gasteiger partial charge in [-0.1, -0.05) is 0 Å². The van der Waals surface area contributed by atoms with Crippen LogP contribution >= 0.6 is 0 Å². The number of nitrogens with zero attached hydrogens (tertiary/aromatic N) is 2. The van der Waals surface area contributed by atoms with E-state index in [1.54, 1.807) is 13.0 Å². The Morgan fingerprint density at radius 1 is 1.61 bits per heavy atom. The van der Waals surface area contributed by atoms with Gasteiger partial charge in [0.05, 0.1) is 0 Å². The van der Waals surface area contributed by atoms with Gasteiger partial charge in [0, 0.05) is 12.2 Å². The number of rotatable bonds is 3. The molecule has 0 bridgehead atoms. The van der Waals surface area contributed by atoms with Gasteiger partial charge in [-0.2, -0.15) is 5.26 Å². The highest BCUT2D eigenvalue weighted by molar-refractivity contribution is 5.80. The molecule has 1 unspecified atom stereocenters. The van der Waals surface area contributed by atoms with Crippen molar-refractivity contribution in [3.63, 3.8) is 0 Å². The first kappa shape index (κ1) is 12.1. The highest BCUT2D eigenvalue weighted by Gasteiger charge is 2.26. The van der Waals surface area contributed by atoms with Crippen LogP contribution in [0.4, 0.5) is 0 Å². The third-order valence-electron chi connectivity index (χ3n) is 2.81. The molecule has 1 heterocycles. The summed E-state index contributed by atoms with van der Waals surface area (Å²) in [6.45, 7) is 1.54. The molecule has 94 valence electrons. The second-order valence-electron chi connectivity index (χ2n) is 4.28. The van der Waals surface area contributed by atoms with E-state index in [0.29, 0.717) is 0 Å². The zero-order valence-corrected chi connectivity index (χ0v) is 9.77. The Balaban J connectivity index is 2.32. The minimum Gasteiger partial charge on any atom is -0.352 e. The summed E-state index contributed by atoms with van der Waals surface area (Å²) in [7, 11) is 0. The molecule has 7 nitrogen and oxygen atoms in total. The second kappa shape index (κ2) is 4.49. The van der Waals surface area contributed by atoms with Gasteiger partial charge >= 0.3 is 5.69 Å². The zero-order chi connectivity index (χ0) is 13.3. The van der Waals surface area contributed by atoms with E-state index in [1.807, 2.05) is 4.98 Å². The molecule has 0 aromatic carbocycles. The molecule has 0 radical (unpaired) electrons. The van der Waals surface area contributed by atoms with Gasteiger partial charge in [0.25, 0.3) is 5.56 Å². The number of aromatic nitrogens is 2. The van der Waals surface area contributed by atoms with E-state index in [2.05, 4.69) is 5.32 Å². The Morgan fingerprint density at radius 2 is 2.28 bits per heavy atom. The maximum atomic E-state index is 11.8. The Bertz CT molecular complexity index is 633. The van der Waals surface area contributed by atoms with Crippen molar-refractivity contribution in [1.82, 2.24) is 14.9 Å². The minimum atomic E-state index is -0.762. The van der Waals surface area contributed by atoms with Crippen molar-refractivity contribution < 1.29 is 4.79 Å². The second-order valence-corrected chi connectivity index (χ2v) is 4.28. The van der Waals surface area contributed by atoms with Crippen LogP contribution in [-0.2, 0) is 4.79 Å². The van der Waals surface area contributed by atoms with Crippen molar-refractivity contribution in [2.24, 2.45) is 0 Å². The van der Waals surface area contributed by atoms with E-state index < -0.39 is 17.3 Å². The van der Waals surface area contributed by atoms with Gasteiger partial charge in [-0.15, -0.1) is 0 Å². The van der Waals surface area contributed by atoms with Crippen molar-refractivity contribution in [3.05, 3.63) is 32.6 Å². The quantitative estimate of drug-likeness (QED) is 0.733. The highest BCUT2D eigenvalue weighted by atomic mass is 16.2. The molecule has 2 N–H and O–H groups in total. The number of carbonyl (C=O) groups excluding carboxylic acids is 1. The summed E-state index contributed by atoms with van der Waals surface area (Å²) in [5.74, 6) is -0.296. The number of H-pyrrole nitrogens is 1. The molecule has 1 amide bonds. The molecule has 1 aromatic rings. The van der Waals surface area contributed by atoms with E-state index in [4.69, 9.17) is 5.26 Å². The third kappa shape index (κ3) is 2.32. The van der Waals surface area contributed by atoms with Gasteiger partial charge in [0.1, 0.15) is 17.7 Å². The number of aromatic amines is 1. The lowest BCUT2D eigenvalue weighted by atomic mass is 10.3. The van der Waals surface area contributed by atoms with Crippen LogP contribution in [0.5, 0.6) is 0 Å². The topological polar surface area (TPSA) is 108 Å². The first-order valence-corrected chi connectivity index (χ1v) is 5.59. The minimum absolute atomic E-state index is 0.189. The summed E-state index contributed by atoms with van der Waals surface area (Å²) < 4.78 is 1.05. The monoisotopic (exact) mass is 248 g/mol. The van der Waals surface area contributed by atoms with Crippen LogP contribution in [0.15, 0.2) is 15.8 Å². The van der Waals surface area contributed by atoms with Crippen LogP contribution in [-0.4, -0.2) is 21.5 Å². The summed E-state index contributed by atoms with van der Waals surface area (Å²) in [6, 6.07) is 1.10. The number of amides is 1. The molecule has 1 fully saturated rings. The fraction of sp³-hybridized carbons (Fsp3) is 0.455. The van der Waals surface area contributed by atoms with E-state index >= 15 is 0 Å². The predicted octanol–water partition coefficient (Wildman–Crippen LogP) is -0.752. The standard InChI is InChI=1S/C11H12N4O3/c1-6(9(16)13-8-2-3-8)15-5-7(4-12)10(17)14-11(15)18/h5-6,8H,2-3H2,1H3,(H,13,16)(H,14,17,18). The Kier molecular flexibility index (Phi) is 3.02.